The van der Waals surface area contributed by atoms with Crippen molar-refractivity contribution in [1.82, 2.24) is 5.32 Å². The Labute approximate surface area is 193 Å². The lowest BCUT2D eigenvalue weighted by Crippen LogP contribution is -2.40. The third-order valence-corrected chi connectivity index (χ3v) is 6.54. The predicted octanol–water partition coefficient (Wildman–Crippen LogP) is 5.71. The molecule has 0 fully saturated rings. The minimum absolute atomic E-state index is 0.0837. The molecule has 166 valence electrons. The molecule has 0 aliphatic carbocycles. The number of amides is 2. The van der Waals surface area contributed by atoms with Crippen molar-refractivity contribution in [3.05, 3.63) is 58.6 Å². The van der Waals surface area contributed by atoms with Crippen molar-refractivity contribution in [2.75, 3.05) is 22.9 Å². The summed E-state index contributed by atoms with van der Waals surface area (Å²) in [6.45, 7) is 2.86. The highest BCUT2D eigenvalue weighted by Gasteiger charge is 2.26. The minimum atomic E-state index is -0.320. The maximum atomic E-state index is 12.5. The number of hydrogen-bond donors (Lipinski definition) is 3. The Morgan fingerprint density at radius 2 is 1.94 bits per heavy atom. The Morgan fingerprint density at radius 3 is 2.74 bits per heavy atom. The first kappa shape index (κ1) is 23.5. The summed E-state index contributed by atoms with van der Waals surface area (Å²) < 4.78 is 0. The summed E-state index contributed by atoms with van der Waals surface area (Å²) in [7, 11) is 0. The van der Waals surface area contributed by atoms with E-state index in [0.717, 1.165) is 34.9 Å². The average molecular weight is 460 g/mol. The maximum absolute atomic E-state index is 12.5. The Morgan fingerprint density at radius 1 is 1.10 bits per heavy atom. The minimum Gasteiger partial charge on any atom is -0.371 e. The highest BCUT2D eigenvalue weighted by Crippen LogP contribution is 2.29. The number of carbonyl (C=O) groups is 2. The van der Waals surface area contributed by atoms with E-state index in [1.807, 2.05) is 30.3 Å². The van der Waals surface area contributed by atoms with E-state index in [-0.39, 0.29) is 17.9 Å². The molecule has 31 heavy (non-hydrogen) atoms. The van der Waals surface area contributed by atoms with Gasteiger partial charge in [0, 0.05) is 28.6 Å². The summed E-state index contributed by atoms with van der Waals surface area (Å²) in [5, 5.41) is 9.91. The number of rotatable bonds is 11. The second-order valence-corrected chi connectivity index (χ2v) is 9.23. The summed E-state index contributed by atoms with van der Waals surface area (Å²) in [6, 6.07) is 12.8. The van der Waals surface area contributed by atoms with Gasteiger partial charge in [0.1, 0.15) is 6.04 Å². The van der Waals surface area contributed by atoms with Crippen LogP contribution in [0.1, 0.15) is 54.9 Å². The highest BCUT2D eigenvalue weighted by atomic mass is 35.5. The summed E-state index contributed by atoms with van der Waals surface area (Å²) >= 11 is 7.70. The first-order chi connectivity index (χ1) is 15.1. The van der Waals surface area contributed by atoms with Crippen LogP contribution >= 0.6 is 23.4 Å². The Kier molecular flexibility index (Phi) is 9.10. The molecule has 3 rings (SSSR count). The molecule has 0 spiro atoms. The summed E-state index contributed by atoms with van der Waals surface area (Å²) in [6.07, 6.45) is 5.79. The molecule has 2 aromatic rings. The molecular formula is C24H30ClN3O2S. The Hall–Kier alpha value is -2.18. The van der Waals surface area contributed by atoms with Gasteiger partial charge in [-0.1, -0.05) is 56.3 Å². The van der Waals surface area contributed by atoms with Crippen LogP contribution in [0.2, 0.25) is 5.02 Å². The monoisotopic (exact) mass is 459 g/mol. The van der Waals surface area contributed by atoms with Crippen molar-refractivity contribution >= 4 is 46.6 Å². The van der Waals surface area contributed by atoms with E-state index >= 15 is 0 Å². The zero-order valence-electron chi connectivity index (χ0n) is 17.9. The number of benzene rings is 2. The molecule has 0 bridgehead atoms. The first-order valence-electron chi connectivity index (χ1n) is 10.9. The largest absolute Gasteiger partial charge is 0.371 e. The molecular weight excluding hydrogens is 430 g/mol. The maximum Gasteiger partial charge on any atom is 0.251 e. The molecule has 5 nitrogen and oxygen atoms in total. The smallest absolute Gasteiger partial charge is 0.251 e. The van der Waals surface area contributed by atoms with Gasteiger partial charge in [-0.3, -0.25) is 9.59 Å². The van der Waals surface area contributed by atoms with Crippen LogP contribution in [0, 0.1) is 0 Å². The fourth-order valence-electron chi connectivity index (χ4n) is 3.46. The van der Waals surface area contributed by atoms with Gasteiger partial charge < -0.3 is 16.0 Å². The second kappa shape index (κ2) is 12.0. The van der Waals surface area contributed by atoms with Crippen LogP contribution in [0.5, 0.6) is 0 Å². The van der Waals surface area contributed by atoms with Gasteiger partial charge in [0.15, 0.2) is 0 Å². The SMILES string of the molecule is CCCCCCCNC(=O)c1ccc2c(c1)NC(=O)[C@@H](CSCc1cccc(Cl)c1)N2. The normalized spacial score (nSPS) is 15.0. The van der Waals surface area contributed by atoms with Gasteiger partial charge in [-0.25, -0.2) is 0 Å². The second-order valence-electron chi connectivity index (χ2n) is 7.76. The van der Waals surface area contributed by atoms with Gasteiger partial charge in [-0.15, -0.1) is 0 Å². The molecule has 1 aliphatic heterocycles. The lowest BCUT2D eigenvalue weighted by molar-refractivity contribution is -0.116. The van der Waals surface area contributed by atoms with Crippen LogP contribution in [-0.4, -0.2) is 30.2 Å². The Bertz CT molecular complexity index is 906. The topological polar surface area (TPSA) is 70.2 Å². The fraction of sp³-hybridized carbons (Fsp3) is 0.417. The van der Waals surface area contributed by atoms with Crippen molar-refractivity contribution in [3.8, 4) is 0 Å². The zero-order valence-corrected chi connectivity index (χ0v) is 19.5. The molecule has 3 N–H and O–H groups in total. The zero-order chi connectivity index (χ0) is 22.1. The van der Waals surface area contributed by atoms with Gasteiger partial charge in [0.2, 0.25) is 5.91 Å². The lowest BCUT2D eigenvalue weighted by Gasteiger charge is -2.27. The molecule has 1 aliphatic rings. The van der Waals surface area contributed by atoms with Crippen molar-refractivity contribution in [2.24, 2.45) is 0 Å². The van der Waals surface area contributed by atoms with Gasteiger partial charge in [0.25, 0.3) is 5.91 Å². The van der Waals surface area contributed by atoms with Crippen LogP contribution in [-0.2, 0) is 10.5 Å². The molecule has 2 amide bonds. The quantitative estimate of drug-likeness (QED) is 0.376. The lowest BCUT2D eigenvalue weighted by atomic mass is 10.1. The van der Waals surface area contributed by atoms with Crippen LogP contribution in [0.15, 0.2) is 42.5 Å². The van der Waals surface area contributed by atoms with Crippen molar-refractivity contribution < 1.29 is 9.59 Å². The fourth-order valence-corrected chi connectivity index (χ4v) is 4.68. The number of hydrogen-bond acceptors (Lipinski definition) is 4. The van der Waals surface area contributed by atoms with E-state index in [0.29, 0.717) is 23.5 Å². The van der Waals surface area contributed by atoms with E-state index in [1.165, 1.54) is 19.3 Å². The van der Waals surface area contributed by atoms with Gasteiger partial charge in [-0.2, -0.15) is 11.8 Å². The van der Waals surface area contributed by atoms with E-state index in [4.69, 9.17) is 11.6 Å². The van der Waals surface area contributed by atoms with Crippen molar-refractivity contribution in [1.29, 1.82) is 0 Å². The number of unbranched alkanes of at least 4 members (excludes halogenated alkanes) is 4. The predicted molar refractivity (Wildman–Crippen MR) is 131 cm³/mol. The van der Waals surface area contributed by atoms with Gasteiger partial charge in [-0.05, 0) is 42.3 Å². The molecule has 2 aromatic carbocycles. The molecule has 0 saturated heterocycles. The van der Waals surface area contributed by atoms with Gasteiger partial charge >= 0.3 is 0 Å². The first-order valence-corrected chi connectivity index (χ1v) is 12.4. The van der Waals surface area contributed by atoms with Gasteiger partial charge in [0.05, 0.1) is 11.4 Å². The molecule has 1 atom stereocenters. The van der Waals surface area contributed by atoms with E-state index in [9.17, 15) is 9.59 Å². The van der Waals surface area contributed by atoms with Crippen molar-refractivity contribution in [3.63, 3.8) is 0 Å². The van der Waals surface area contributed by atoms with E-state index in [1.54, 1.807) is 23.9 Å². The van der Waals surface area contributed by atoms with E-state index in [2.05, 4.69) is 22.9 Å². The molecule has 0 aromatic heterocycles. The van der Waals surface area contributed by atoms with Crippen LogP contribution < -0.4 is 16.0 Å². The highest BCUT2D eigenvalue weighted by molar-refractivity contribution is 7.98. The number of carbonyl (C=O) groups excluding carboxylic acids is 2. The molecule has 0 unspecified atom stereocenters. The Balaban J connectivity index is 1.48. The third kappa shape index (κ3) is 7.18. The molecule has 7 heteroatoms. The summed E-state index contributed by atoms with van der Waals surface area (Å²) in [5.41, 5.74) is 3.18. The number of anilines is 2. The number of thioether (sulfide) groups is 1. The molecule has 0 saturated carbocycles. The summed E-state index contributed by atoms with van der Waals surface area (Å²) in [4.78, 5) is 24.9. The van der Waals surface area contributed by atoms with Crippen LogP contribution in [0.4, 0.5) is 11.4 Å². The van der Waals surface area contributed by atoms with E-state index < -0.39 is 0 Å². The average Bonchev–Trinajstić information content (AvgIpc) is 2.76. The third-order valence-electron chi connectivity index (χ3n) is 5.19. The van der Waals surface area contributed by atoms with Crippen LogP contribution in [0.25, 0.3) is 0 Å². The standard InChI is InChI=1S/C24H30ClN3O2S/c1-2-3-4-5-6-12-26-23(29)18-10-11-20-21(14-18)28-24(30)22(27-20)16-31-15-17-8-7-9-19(25)13-17/h7-11,13-14,22,27H,2-6,12,15-16H2,1H3,(H,26,29)(H,28,30)/t22-/m1/s1. The molecule has 0 radical (unpaired) electrons. The number of halogens is 1. The van der Waals surface area contributed by atoms with Crippen molar-refractivity contribution in [2.45, 2.75) is 50.8 Å². The number of fused-ring (bicyclic) bond motifs is 1. The number of nitrogens with one attached hydrogen (secondary N) is 3. The summed E-state index contributed by atoms with van der Waals surface area (Å²) in [5.74, 6) is 1.24. The van der Waals surface area contributed by atoms with Crippen LogP contribution in [0.3, 0.4) is 0 Å². The molecule has 1 heterocycles.